The second-order valence-corrected chi connectivity index (χ2v) is 2.76. The number of hydrogen-bond acceptors (Lipinski definition) is 1. The summed E-state index contributed by atoms with van der Waals surface area (Å²) in [6, 6.07) is -1.05. The van der Waals surface area contributed by atoms with Crippen LogP contribution in [-0.2, 0) is 0 Å². The molecule has 0 radical (unpaired) electrons. The molecule has 1 unspecified atom stereocenters. The highest BCUT2D eigenvalue weighted by molar-refractivity contribution is 5.93. The van der Waals surface area contributed by atoms with Gasteiger partial charge in [-0.25, -0.2) is 9.38 Å². The monoisotopic (exact) mass is 212 g/mol. The summed E-state index contributed by atoms with van der Waals surface area (Å²) in [5.41, 5.74) is 0. The van der Waals surface area contributed by atoms with E-state index < -0.39 is 24.2 Å². The molecule has 6 heteroatoms. The zero-order valence-corrected chi connectivity index (χ0v) is 8.14. The number of rotatable bonds is 2. The maximum absolute atomic E-state index is 12.6. The second kappa shape index (κ2) is 5.07. The normalized spacial score (nSPS) is 18.6. The summed E-state index contributed by atoms with van der Waals surface area (Å²) in [4.78, 5) is 6.21. The minimum Gasteiger partial charge on any atom is -0.256 e. The van der Waals surface area contributed by atoms with Gasteiger partial charge in [-0.05, 0) is 20.8 Å². The predicted molar refractivity (Wildman–Crippen MR) is 47.7 cm³/mol. The summed E-state index contributed by atoms with van der Waals surface area (Å²) in [5, 5.41) is 0. The molecule has 0 N–H and O–H groups in total. The summed E-state index contributed by atoms with van der Waals surface area (Å²) in [5.74, 6) is -1.29. The quantitative estimate of drug-likeness (QED) is 0.382. The lowest BCUT2D eigenvalue weighted by Crippen LogP contribution is -2.25. The zero-order chi connectivity index (χ0) is 11.4. The highest BCUT2D eigenvalue weighted by atomic mass is 19.4. The van der Waals surface area contributed by atoms with Crippen LogP contribution in [0, 0.1) is 0 Å². The molecule has 0 fully saturated rings. The molecule has 0 aliphatic rings. The van der Waals surface area contributed by atoms with Gasteiger partial charge in [0.1, 0.15) is 6.17 Å². The van der Waals surface area contributed by atoms with Crippen LogP contribution in [0.25, 0.3) is 0 Å². The summed E-state index contributed by atoms with van der Waals surface area (Å²) >= 11 is 0. The molecule has 0 aliphatic heterocycles. The Kier molecular flexibility index (Phi) is 4.73. The van der Waals surface area contributed by atoms with Crippen LogP contribution in [-0.4, -0.2) is 30.4 Å². The van der Waals surface area contributed by atoms with Crippen molar-refractivity contribution in [2.45, 2.75) is 39.2 Å². The molecule has 0 spiro atoms. The topological polar surface area (TPSA) is 24.7 Å². The van der Waals surface area contributed by atoms with Gasteiger partial charge in [-0.2, -0.15) is 13.2 Å². The fourth-order valence-corrected chi connectivity index (χ4v) is 0.598. The maximum atomic E-state index is 12.6. The third-order valence-corrected chi connectivity index (χ3v) is 1.50. The van der Waals surface area contributed by atoms with E-state index in [0.717, 1.165) is 13.1 Å². The number of aliphatic imine (C=N–C) groups is 2. The van der Waals surface area contributed by atoms with Crippen molar-refractivity contribution >= 4 is 12.1 Å². The van der Waals surface area contributed by atoms with E-state index in [1.165, 1.54) is 13.8 Å². The van der Waals surface area contributed by atoms with E-state index in [2.05, 4.69) is 9.98 Å². The van der Waals surface area contributed by atoms with Gasteiger partial charge in [-0.3, -0.25) is 4.99 Å². The van der Waals surface area contributed by atoms with Crippen molar-refractivity contribution in [3.8, 4) is 0 Å². The van der Waals surface area contributed by atoms with E-state index in [-0.39, 0.29) is 0 Å². The second-order valence-electron chi connectivity index (χ2n) is 2.76. The van der Waals surface area contributed by atoms with Crippen LogP contribution in [0.5, 0.6) is 0 Å². The van der Waals surface area contributed by atoms with Gasteiger partial charge in [0.25, 0.3) is 0 Å². The fourth-order valence-electron chi connectivity index (χ4n) is 0.598. The van der Waals surface area contributed by atoms with E-state index in [9.17, 15) is 17.6 Å². The molecule has 2 nitrogen and oxygen atoms in total. The lowest BCUT2D eigenvalue weighted by Gasteiger charge is -2.11. The Hall–Kier alpha value is -0.940. The van der Waals surface area contributed by atoms with Gasteiger partial charge in [-0.1, -0.05) is 0 Å². The molecule has 14 heavy (non-hydrogen) atoms. The first kappa shape index (κ1) is 13.1. The molecular formula is C8H12F4N2. The molecule has 0 saturated heterocycles. The van der Waals surface area contributed by atoms with E-state index in [1.54, 1.807) is 0 Å². The minimum absolute atomic E-state index is 0.974. The molecule has 0 saturated carbocycles. The molecule has 0 aliphatic carbocycles. The van der Waals surface area contributed by atoms with Gasteiger partial charge in [-0.15, -0.1) is 0 Å². The van der Waals surface area contributed by atoms with E-state index in [0.29, 0.717) is 0 Å². The zero-order valence-electron chi connectivity index (χ0n) is 8.14. The first-order chi connectivity index (χ1) is 6.29. The summed E-state index contributed by atoms with van der Waals surface area (Å²) in [6.45, 7) is 3.75. The Labute approximate surface area is 79.7 Å². The molecule has 0 aromatic rings. The molecule has 0 aromatic heterocycles. The van der Waals surface area contributed by atoms with Gasteiger partial charge in [0, 0.05) is 6.21 Å². The van der Waals surface area contributed by atoms with Crippen LogP contribution in [0.15, 0.2) is 9.98 Å². The van der Waals surface area contributed by atoms with Gasteiger partial charge in [0.2, 0.25) is 5.84 Å². The smallest absolute Gasteiger partial charge is 0.256 e. The van der Waals surface area contributed by atoms with Crippen LogP contribution in [0.1, 0.15) is 20.8 Å². The number of nitrogens with zero attached hydrogens (tertiary/aromatic N) is 2. The molecule has 0 aromatic carbocycles. The highest BCUT2D eigenvalue weighted by Crippen LogP contribution is 2.19. The fraction of sp³-hybridized carbons (Fsp3) is 0.750. The molecule has 2 atom stereocenters. The number of hydrogen-bond donors (Lipinski definition) is 0. The third kappa shape index (κ3) is 4.34. The Morgan fingerprint density at radius 3 is 2.07 bits per heavy atom. The van der Waals surface area contributed by atoms with Gasteiger partial charge in [0.15, 0.2) is 0 Å². The van der Waals surface area contributed by atoms with Gasteiger partial charge < -0.3 is 0 Å². The standard InChI is InChI=1S/C8H12F4N2/c1-4-13-7(8(10,11)12)14-6(3)5(2)9/h4-6H,1-3H3/b13-4-,14-7-/t5?,6-/m1/s1. The van der Waals surface area contributed by atoms with Crippen molar-refractivity contribution in [3.05, 3.63) is 0 Å². The molecule has 0 heterocycles. The molecule has 0 bridgehead atoms. The number of alkyl halides is 4. The first-order valence-corrected chi connectivity index (χ1v) is 4.06. The van der Waals surface area contributed by atoms with Crippen molar-refractivity contribution in [1.29, 1.82) is 0 Å². The van der Waals surface area contributed by atoms with Gasteiger partial charge >= 0.3 is 6.18 Å². The van der Waals surface area contributed by atoms with Crippen molar-refractivity contribution in [2.75, 3.05) is 0 Å². The Bertz CT molecular complexity index is 230. The molecule has 0 rings (SSSR count). The van der Waals surface area contributed by atoms with E-state index in [1.807, 2.05) is 0 Å². The van der Waals surface area contributed by atoms with Crippen molar-refractivity contribution in [3.63, 3.8) is 0 Å². The lowest BCUT2D eigenvalue weighted by atomic mass is 10.2. The summed E-state index contributed by atoms with van der Waals surface area (Å²) in [6.07, 6.45) is -5.09. The first-order valence-electron chi connectivity index (χ1n) is 4.06. The highest BCUT2D eigenvalue weighted by Gasteiger charge is 2.36. The Morgan fingerprint density at radius 1 is 1.29 bits per heavy atom. The number of halogens is 4. The predicted octanol–water partition coefficient (Wildman–Crippen LogP) is 2.78. The van der Waals surface area contributed by atoms with Gasteiger partial charge in [0.05, 0.1) is 6.04 Å². The van der Waals surface area contributed by atoms with Crippen molar-refractivity contribution in [2.24, 2.45) is 9.98 Å². The van der Waals surface area contributed by atoms with Crippen LogP contribution >= 0.6 is 0 Å². The maximum Gasteiger partial charge on any atom is 0.451 e. The Morgan fingerprint density at radius 2 is 1.79 bits per heavy atom. The van der Waals surface area contributed by atoms with Crippen molar-refractivity contribution < 1.29 is 17.6 Å². The lowest BCUT2D eigenvalue weighted by molar-refractivity contribution is -0.0601. The average molecular weight is 212 g/mol. The Balaban J connectivity index is 4.83. The average Bonchev–Trinajstić information content (AvgIpc) is 2.01. The third-order valence-electron chi connectivity index (χ3n) is 1.50. The van der Waals surface area contributed by atoms with E-state index >= 15 is 0 Å². The summed E-state index contributed by atoms with van der Waals surface area (Å²) in [7, 11) is 0. The van der Waals surface area contributed by atoms with Crippen LogP contribution in [0.2, 0.25) is 0 Å². The van der Waals surface area contributed by atoms with Crippen molar-refractivity contribution in [1.82, 2.24) is 0 Å². The largest absolute Gasteiger partial charge is 0.451 e. The molecule has 0 amide bonds. The SMILES string of the molecule is C/C=N\C(=N/[C@H](C)C(C)F)C(F)(F)F. The van der Waals surface area contributed by atoms with Crippen LogP contribution in [0.3, 0.4) is 0 Å². The number of amidine groups is 1. The van der Waals surface area contributed by atoms with E-state index in [4.69, 9.17) is 0 Å². The van der Waals surface area contributed by atoms with Crippen LogP contribution in [0.4, 0.5) is 17.6 Å². The summed E-state index contributed by atoms with van der Waals surface area (Å²) < 4.78 is 49.0. The molecular weight excluding hydrogens is 200 g/mol. The van der Waals surface area contributed by atoms with Crippen LogP contribution < -0.4 is 0 Å². The minimum atomic E-state index is -4.63. The molecule has 82 valence electrons.